The standard InChI is InChI=1S/C18H27NO4/c1-6-9-19(18(20)23-5)15-11-13-7-8-16(21-3)17(22-4)14(13)10-12(15)2/h7-8,12,15H,6,9-11H2,1-5H3. The molecule has 1 aromatic carbocycles. The number of hydrogen-bond acceptors (Lipinski definition) is 4. The second-order valence-corrected chi connectivity index (χ2v) is 6.06. The van der Waals surface area contributed by atoms with Gasteiger partial charge in [-0.15, -0.1) is 0 Å². The predicted molar refractivity (Wildman–Crippen MR) is 89.3 cm³/mol. The van der Waals surface area contributed by atoms with Crippen LogP contribution in [-0.4, -0.2) is 44.9 Å². The van der Waals surface area contributed by atoms with Crippen molar-refractivity contribution in [3.8, 4) is 11.5 Å². The number of carbonyl (C=O) groups excluding carboxylic acids is 1. The van der Waals surface area contributed by atoms with Crippen molar-refractivity contribution in [2.45, 2.75) is 39.2 Å². The van der Waals surface area contributed by atoms with Crippen molar-refractivity contribution in [3.63, 3.8) is 0 Å². The van der Waals surface area contributed by atoms with E-state index in [-0.39, 0.29) is 12.1 Å². The normalized spacial score (nSPS) is 19.7. The Hall–Kier alpha value is -1.91. The van der Waals surface area contributed by atoms with Gasteiger partial charge in [-0.2, -0.15) is 0 Å². The summed E-state index contributed by atoms with van der Waals surface area (Å²) in [4.78, 5) is 14.0. The van der Waals surface area contributed by atoms with Crippen molar-refractivity contribution in [1.82, 2.24) is 4.90 Å². The average molecular weight is 321 g/mol. The number of methoxy groups -OCH3 is 3. The molecule has 0 saturated heterocycles. The third kappa shape index (κ3) is 3.38. The molecular formula is C18H27NO4. The summed E-state index contributed by atoms with van der Waals surface area (Å²) < 4.78 is 15.9. The Morgan fingerprint density at radius 3 is 2.52 bits per heavy atom. The zero-order chi connectivity index (χ0) is 17.0. The van der Waals surface area contributed by atoms with Gasteiger partial charge in [0.15, 0.2) is 11.5 Å². The first-order valence-electron chi connectivity index (χ1n) is 8.14. The van der Waals surface area contributed by atoms with Gasteiger partial charge in [-0.1, -0.05) is 19.9 Å². The summed E-state index contributed by atoms with van der Waals surface area (Å²) in [6.07, 6.45) is 2.34. The highest BCUT2D eigenvalue weighted by Crippen LogP contribution is 2.40. The first-order chi connectivity index (χ1) is 11.1. The fraction of sp³-hybridized carbons (Fsp3) is 0.611. The zero-order valence-corrected chi connectivity index (χ0v) is 14.7. The van der Waals surface area contributed by atoms with Crippen molar-refractivity contribution in [1.29, 1.82) is 0 Å². The molecule has 1 aliphatic carbocycles. The number of amides is 1. The van der Waals surface area contributed by atoms with Crippen molar-refractivity contribution in [3.05, 3.63) is 23.3 Å². The molecular weight excluding hydrogens is 294 g/mol. The summed E-state index contributed by atoms with van der Waals surface area (Å²) in [5, 5.41) is 0. The summed E-state index contributed by atoms with van der Waals surface area (Å²) in [5.41, 5.74) is 2.41. The topological polar surface area (TPSA) is 48.0 Å². The van der Waals surface area contributed by atoms with Gasteiger partial charge in [-0.3, -0.25) is 0 Å². The molecule has 0 spiro atoms. The smallest absolute Gasteiger partial charge is 0.409 e. The van der Waals surface area contributed by atoms with Gasteiger partial charge in [-0.05, 0) is 36.8 Å². The van der Waals surface area contributed by atoms with E-state index in [9.17, 15) is 4.79 Å². The van der Waals surface area contributed by atoms with Crippen LogP contribution in [0.4, 0.5) is 4.79 Å². The van der Waals surface area contributed by atoms with Crippen LogP contribution in [0.1, 0.15) is 31.4 Å². The summed E-state index contributed by atoms with van der Waals surface area (Å²) in [6, 6.07) is 4.16. The Kier molecular flexibility index (Phi) is 5.74. The molecule has 2 atom stereocenters. The molecule has 23 heavy (non-hydrogen) atoms. The Bertz CT molecular complexity index is 558. The lowest BCUT2D eigenvalue weighted by atomic mass is 9.79. The summed E-state index contributed by atoms with van der Waals surface area (Å²) in [7, 11) is 4.77. The molecule has 0 radical (unpaired) electrons. The lowest BCUT2D eigenvalue weighted by Gasteiger charge is -2.39. The highest BCUT2D eigenvalue weighted by atomic mass is 16.5. The highest BCUT2D eigenvalue weighted by molar-refractivity contribution is 5.68. The Morgan fingerprint density at radius 2 is 1.96 bits per heavy atom. The quantitative estimate of drug-likeness (QED) is 0.835. The molecule has 1 aliphatic rings. The molecule has 0 saturated carbocycles. The van der Waals surface area contributed by atoms with Crippen molar-refractivity contribution < 1.29 is 19.0 Å². The molecule has 0 bridgehead atoms. The van der Waals surface area contributed by atoms with Crippen LogP contribution in [0.15, 0.2) is 12.1 Å². The maximum Gasteiger partial charge on any atom is 0.409 e. The maximum absolute atomic E-state index is 12.1. The van der Waals surface area contributed by atoms with Crippen LogP contribution in [0.25, 0.3) is 0 Å². The van der Waals surface area contributed by atoms with Gasteiger partial charge in [0.1, 0.15) is 0 Å². The van der Waals surface area contributed by atoms with Gasteiger partial charge in [0.05, 0.1) is 21.3 Å². The van der Waals surface area contributed by atoms with Crippen molar-refractivity contribution >= 4 is 6.09 Å². The molecule has 1 aromatic rings. The van der Waals surface area contributed by atoms with Gasteiger partial charge < -0.3 is 19.1 Å². The summed E-state index contributed by atoms with van der Waals surface area (Å²) in [6.45, 7) is 4.97. The molecule has 1 amide bonds. The van der Waals surface area contributed by atoms with E-state index in [1.54, 1.807) is 14.2 Å². The molecule has 2 unspecified atom stereocenters. The maximum atomic E-state index is 12.1. The average Bonchev–Trinajstić information content (AvgIpc) is 2.57. The molecule has 5 nitrogen and oxygen atoms in total. The summed E-state index contributed by atoms with van der Waals surface area (Å²) >= 11 is 0. The summed E-state index contributed by atoms with van der Waals surface area (Å²) in [5.74, 6) is 1.90. The first kappa shape index (κ1) is 17.4. The van der Waals surface area contributed by atoms with Crippen molar-refractivity contribution in [2.24, 2.45) is 5.92 Å². The third-order valence-corrected chi connectivity index (χ3v) is 4.63. The van der Waals surface area contributed by atoms with Crippen LogP contribution in [0, 0.1) is 5.92 Å². The largest absolute Gasteiger partial charge is 0.493 e. The van der Waals surface area contributed by atoms with Gasteiger partial charge >= 0.3 is 6.09 Å². The number of hydrogen-bond donors (Lipinski definition) is 0. The number of nitrogens with zero attached hydrogens (tertiary/aromatic N) is 1. The van der Waals surface area contributed by atoms with E-state index in [2.05, 4.69) is 19.9 Å². The minimum atomic E-state index is -0.243. The van der Waals surface area contributed by atoms with E-state index in [1.807, 2.05) is 11.0 Å². The van der Waals surface area contributed by atoms with Crippen LogP contribution in [0.3, 0.4) is 0 Å². The highest BCUT2D eigenvalue weighted by Gasteiger charge is 2.34. The minimum absolute atomic E-state index is 0.146. The number of benzene rings is 1. The second-order valence-electron chi connectivity index (χ2n) is 6.06. The first-order valence-corrected chi connectivity index (χ1v) is 8.14. The minimum Gasteiger partial charge on any atom is -0.493 e. The van der Waals surface area contributed by atoms with E-state index < -0.39 is 0 Å². The Labute approximate surface area is 138 Å². The fourth-order valence-corrected chi connectivity index (χ4v) is 3.50. The van der Waals surface area contributed by atoms with E-state index >= 15 is 0 Å². The Balaban J connectivity index is 2.35. The van der Waals surface area contributed by atoms with Crippen LogP contribution in [-0.2, 0) is 17.6 Å². The third-order valence-electron chi connectivity index (χ3n) is 4.63. The van der Waals surface area contributed by atoms with Crippen LogP contribution >= 0.6 is 0 Å². The van der Waals surface area contributed by atoms with Crippen molar-refractivity contribution in [2.75, 3.05) is 27.9 Å². The van der Waals surface area contributed by atoms with E-state index in [0.717, 1.165) is 30.8 Å². The number of carbonyl (C=O) groups is 1. The van der Waals surface area contributed by atoms with E-state index in [4.69, 9.17) is 14.2 Å². The van der Waals surface area contributed by atoms with Crippen LogP contribution in [0.5, 0.6) is 11.5 Å². The van der Waals surface area contributed by atoms with E-state index in [1.165, 1.54) is 18.2 Å². The second kappa shape index (κ2) is 7.57. The van der Waals surface area contributed by atoms with E-state index in [0.29, 0.717) is 12.5 Å². The number of rotatable bonds is 5. The molecule has 0 aliphatic heterocycles. The molecule has 0 N–H and O–H groups in total. The van der Waals surface area contributed by atoms with Crippen LogP contribution in [0.2, 0.25) is 0 Å². The van der Waals surface area contributed by atoms with Gasteiger partial charge in [0, 0.05) is 18.2 Å². The van der Waals surface area contributed by atoms with Crippen LogP contribution < -0.4 is 9.47 Å². The number of ether oxygens (including phenoxy) is 3. The predicted octanol–water partition coefficient (Wildman–Crippen LogP) is 3.29. The molecule has 0 aromatic heterocycles. The Morgan fingerprint density at radius 1 is 1.22 bits per heavy atom. The molecule has 128 valence electrons. The fourth-order valence-electron chi connectivity index (χ4n) is 3.50. The SMILES string of the molecule is CCCN(C(=O)OC)C1Cc2ccc(OC)c(OC)c2CC1C. The molecule has 2 rings (SSSR count). The molecule has 0 fully saturated rings. The molecule has 5 heteroatoms. The van der Waals surface area contributed by atoms with Gasteiger partial charge in [0.2, 0.25) is 0 Å². The molecule has 0 heterocycles. The lowest BCUT2D eigenvalue weighted by Crippen LogP contribution is -2.48. The zero-order valence-electron chi connectivity index (χ0n) is 14.7. The van der Waals surface area contributed by atoms with Gasteiger partial charge in [-0.25, -0.2) is 4.79 Å². The monoisotopic (exact) mass is 321 g/mol. The van der Waals surface area contributed by atoms with Gasteiger partial charge in [0.25, 0.3) is 0 Å². The number of fused-ring (bicyclic) bond motifs is 1. The lowest BCUT2D eigenvalue weighted by molar-refractivity contribution is 0.0867.